The highest BCUT2D eigenvalue weighted by Gasteiger charge is 2.18. The molecule has 0 spiro atoms. The van der Waals surface area contributed by atoms with Crippen LogP contribution in [0.2, 0.25) is 0 Å². The first-order valence-electron chi connectivity index (χ1n) is 11.1. The molecule has 0 heterocycles. The lowest BCUT2D eigenvalue weighted by molar-refractivity contribution is 0.304. The normalized spacial score (nSPS) is 13.4. The Bertz CT molecular complexity index is 1350. The van der Waals surface area contributed by atoms with Crippen molar-refractivity contribution in [3.8, 4) is 23.3 Å². The molecule has 0 fully saturated rings. The van der Waals surface area contributed by atoms with Gasteiger partial charge in [-0.15, -0.1) is 0 Å². The van der Waals surface area contributed by atoms with Crippen molar-refractivity contribution in [1.29, 1.82) is 5.26 Å². The van der Waals surface area contributed by atoms with E-state index < -0.39 is 0 Å². The van der Waals surface area contributed by atoms with Crippen molar-refractivity contribution in [2.45, 2.75) is 19.4 Å². The molecule has 0 atom stereocenters. The van der Waals surface area contributed by atoms with Crippen LogP contribution in [0.5, 0.6) is 17.2 Å². The molecule has 1 aliphatic carbocycles. The van der Waals surface area contributed by atoms with Crippen LogP contribution >= 0.6 is 0 Å². The maximum absolute atomic E-state index is 9.39. The summed E-state index contributed by atoms with van der Waals surface area (Å²) in [5, 5.41) is 9.39. The lowest BCUT2D eigenvalue weighted by Gasteiger charge is -2.13. The van der Waals surface area contributed by atoms with Gasteiger partial charge in [0.2, 0.25) is 0 Å². The highest BCUT2D eigenvalue weighted by Crippen LogP contribution is 2.34. The van der Waals surface area contributed by atoms with E-state index in [9.17, 15) is 5.26 Å². The molecule has 5 rings (SSSR count). The van der Waals surface area contributed by atoms with Gasteiger partial charge in [0.25, 0.3) is 0 Å². The minimum Gasteiger partial charge on any atom is -0.489 e. The van der Waals surface area contributed by atoms with Gasteiger partial charge < -0.3 is 9.47 Å². The molecule has 160 valence electrons. The van der Waals surface area contributed by atoms with Crippen molar-refractivity contribution >= 4 is 5.57 Å². The highest BCUT2D eigenvalue weighted by atomic mass is 16.5. The Labute approximate surface area is 194 Å². The van der Waals surface area contributed by atoms with Gasteiger partial charge in [0.1, 0.15) is 23.9 Å². The third kappa shape index (κ3) is 4.66. The van der Waals surface area contributed by atoms with Crippen LogP contribution in [0.1, 0.15) is 27.8 Å². The van der Waals surface area contributed by atoms with Crippen LogP contribution in [-0.2, 0) is 19.4 Å². The van der Waals surface area contributed by atoms with Crippen molar-refractivity contribution in [2.24, 2.45) is 0 Å². The third-order valence-corrected chi connectivity index (χ3v) is 5.83. The van der Waals surface area contributed by atoms with Gasteiger partial charge >= 0.3 is 0 Å². The fourth-order valence-corrected chi connectivity index (χ4v) is 4.26. The first kappa shape index (κ1) is 20.6. The number of benzene rings is 4. The average Bonchev–Trinajstić information content (AvgIpc) is 3.01. The SMILES string of the molecule is N#CC=C1c2ccccc2CCc2cc(COc3cccc(Oc4ccccc4)c3)ccc21. The number of nitrogens with zero attached hydrogens (tertiary/aromatic N) is 1. The number of hydrogen-bond donors (Lipinski definition) is 0. The maximum atomic E-state index is 9.39. The van der Waals surface area contributed by atoms with E-state index in [1.807, 2.05) is 60.7 Å². The maximum Gasteiger partial charge on any atom is 0.131 e. The minimum atomic E-state index is 0.465. The number of nitriles is 1. The monoisotopic (exact) mass is 429 g/mol. The fourth-order valence-electron chi connectivity index (χ4n) is 4.26. The van der Waals surface area contributed by atoms with Gasteiger partial charge in [0, 0.05) is 12.1 Å². The van der Waals surface area contributed by atoms with Crippen molar-refractivity contribution in [2.75, 3.05) is 0 Å². The van der Waals surface area contributed by atoms with E-state index in [4.69, 9.17) is 9.47 Å². The number of allylic oxidation sites excluding steroid dienone is 1. The Hall–Kier alpha value is -4.29. The van der Waals surface area contributed by atoms with Crippen molar-refractivity contribution in [3.63, 3.8) is 0 Å². The summed E-state index contributed by atoms with van der Waals surface area (Å²) in [6.07, 6.45) is 3.55. The van der Waals surface area contributed by atoms with Crippen LogP contribution in [0.15, 0.2) is 103 Å². The molecular formula is C30H23NO2. The summed E-state index contributed by atoms with van der Waals surface area (Å²) in [7, 11) is 0. The van der Waals surface area contributed by atoms with Gasteiger partial charge in [0.05, 0.1) is 6.07 Å². The largest absolute Gasteiger partial charge is 0.489 e. The molecule has 33 heavy (non-hydrogen) atoms. The molecule has 0 bridgehead atoms. The average molecular weight is 430 g/mol. The minimum absolute atomic E-state index is 0.465. The molecule has 0 saturated heterocycles. The van der Waals surface area contributed by atoms with Crippen LogP contribution in [0.3, 0.4) is 0 Å². The second kappa shape index (κ2) is 9.46. The third-order valence-electron chi connectivity index (χ3n) is 5.83. The first-order chi connectivity index (χ1) is 16.3. The Balaban J connectivity index is 1.34. The van der Waals surface area contributed by atoms with E-state index in [2.05, 4.69) is 42.5 Å². The smallest absolute Gasteiger partial charge is 0.131 e. The number of hydrogen-bond acceptors (Lipinski definition) is 3. The van der Waals surface area contributed by atoms with Crippen molar-refractivity contribution in [1.82, 2.24) is 0 Å². The molecular weight excluding hydrogens is 406 g/mol. The zero-order chi connectivity index (χ0) is 22.5. The van der Waals surface area contributed by atoms with Gasteiger partial charge in [-0.25, -0.2) is 0 Å². The number of rotatable bonds is 5. The van der Waals surface area contributed by atoms with E-state index in [0.717, 1.165) is 52.4 Å². The molecule has 0 aromatic heterocycles. The van der Waals surface area contributed by atoms with E-state index >= 15 is 0 Å². The Kier molecular flexibility index (Phi) is 5.91. The molecule has 0 aliphatic heterocycles. The first-order valence-corrected chi connectivity index (χ1v) is 11.1. The summed E-state index contributed by atoms with van der Waals surface area (Å²) in [6.45, 7) is 0.465. The molecule has 3 nitrogen and oxygen atoms in total. The van der Waals surface area contributed by atoms with Crippen LogP contribution in [0, 0.1) is 11.3 Å². The molecule has 0 unspecified atom stereocenters. The summed E-state index contributed by atoms with van der Waals surface area (Å²) in [5.41, 5.74) is 6.91. The van der Waals surface area contributed by atoms with Crippen LogP contribution < -0.4 is 9.47 Å². The quantitative estimate of drug-likeness (QED) is 0.317. The molecule has 1 aliphatic rings. The summed E-state index contributed by atoms with van der Waals surface area (Å²) >= 11 is 0. The second-order valence-corrected chi connectivity index (χ2v) is 8.01. The Morgan fingerprint density at radius 3 is 2.30 bits per heavy atom. The van der Waals surface area contributed by atoms with Crippen LogP contribution in [0.25, 0.3) is 5.57 Å². The van der Waals surface area contributed by atoms with Crippen LogP contribution in [-0.4, -0.2) is 0 Å². The number of ether oxygens (including phenoxy) is 2. The van der Waals surface area contributed by atoms with E-state index in [1.165, 1.54) is 11.1 Å². The summed E-state index contributed by atoms with van der Waals surface area (Å²) < 4.78 is 12.0. The molecule has 4 aromatic rings. The van der Waals surface area contributed by atoms with Crippen molar-refractivity contribution in [3.05, 3.63) is 131 Å². The number of aryl methyl sites for hydroxylation is 2. The Morgan fingerprint density at radius 2 is 1.42 bits per heavy atom. The Morgan fingerprint density at radius 1 is 0.697 bits per heavy atom. The van der Waals surface area contributed by atoms with Crippen molar-refractivity contribution < 1.29 is 9.47 Å². The predicted molar refractivity (Wildman–Crippen MR) is 130 cm³/mol. The van der Waals surface area contributed by atoms with Gasteiger partial charge in [0.15, 0.2) is 0 Å². The van der Waals surface area contributed by atoms with Gasteiger partial charge in [-0.2, -0.15) is 5.26 Å². The van der Waals surface area contributed by atoms with E-state index in [0.29, 0.717) is 6.61 Å². The van der Waals surface area contributed by atoms with E-state index in [1.54, 1.807) is 6.08 Å². The molecule has 0 saturated carbocycles. The summed E-state index contributed by atoms with van der Waals surface area (Å²) in [4.78, 5) is 0. The molecule has 3 heteroatoms. The topological polar surface area (TPSA) is 42.2 Å². The lowest BCUT2D eigenvalue weighted by Crippen LogP contribution is -1.99. The lowest BCUT2D eigenvalue weighted by atomic mass is 9.93. The molecule has 0 amide bonds. The van der Waals surface area contributed by atoms with E-state index in [-0.39, 0.29) is 0 Å². The predicted octanol–water partition coefficient (Wildman–Crippen LogP) is 7.11. The van der Waals surface area contributed by atoms with Gasteiger partial charge in [-0.05, 0) is 70.5 Å². The zero-order valence-corrected chi connectivity index (χ0v) is 18.2. The fraction of sp³-hybridized carbons (Fsp3) is 0.100. The number of fused-ring (bicyclic) bond motifs is 2. The molecule has 0 N–H and O–H groups in total. The summed E-state index contributed by atoms with van der Waals surface area (Å²) in [6, 6.07) is 34.4. The van der Waals surface area contributed by atoms with Gasteiger partial charge in [-0.1, -0.05) is 66.7 Å². The molecule has 0 radical (unpaired) electrons. The van der Waals surface area contributed by atoms with Gasteiger partial charge in [-0.3, -0.25) is 0 Å². The molecule has 4 aromatic carbocycles. The highest BCUT2D eigenvalue weighted by molar-refractivity contribution is 5.85. The number of para-hydroxylation sites is 1. The standard InChI is InChI=1S/C30H23NO2/c31-18-17-30-28-12-5-4-7-23(28)14-15-24-19-22(13-16-29(24)30)21-32-26-10-6-11-27(20-26)33-25-8-2-1-3-9-25/h1-13,16-17,19-20H,14-15,21H2. The van der Waals surface area contributed by atoms with Crippen LogP contribution in [0.4, 0.5) is 0 Å². The zero-order valence-electron chi connectivity index (χ0n) is 18.2. The second-order valence-electron chi connectivity index (χ2n) is 8.01. The summed E-state index contributed by atoms with van der Waals surface area (Å²) in [5.74, 6) is 2.29.